The van der Waals surface area contributed by atoms with Crippen molar-refractivity contribution in [2.24, 2.45) is 0 Å². The summed E-state index contributed by atoms with van der Waals surface area (Å²) in [5.41, 5.74) is 1.07. The van der Waals surface area contributed by atoms with Gasteiger partial charge in [-0.15, -0.1) is 0 Å². The van der Waals surface area contributed by atoms with E-state index in [2.05, 4.69) is 17.0 Å². The Hall–Kier alpha value is -2.58. The summed E-state index contributed by atoms with van der Waals surface area (Å²) in [7, 11) is -3.76. The molecule has 1 amide bonds. The molecule has 0 spiro atoms. The number of hydrogen-bond acceptors (Lipinski definition) is 5. The van der Waals surface area contributed by atoms with Crippen LogP contribution in [0.1, 0.15) is 48.5 Å². The van der Waals surface area contributed by atoms with E-state index in [0.717, 1.165) is 31.2 Å². The van der Waals surface area contributed by atoms with E-state index in [0.29, 0.717) is 23.6 Å². The number of hydrogen-bond donors (Lipinski definition) is 2. The summed E-state index contributed by atoms with van der Waals surface area (Å²) >= 11 is 0. The monoisotopic (exact) mass is 418 g/mol. The lowest BCUT2D eigenvalue weighted by Gasteiger charge is -2.10. The average molecular weight is 419 g/mol. The second-order valence-electron chi connectivity index (χ2n) is 6.86. The van der Waals surface area contributed by atoms with Crippen molar-refractivity contribution in [1.82, 2.24) is 10.0 Å². The predicted octanol–water partition coefficient (Wildman–Crippen LogP) is 3.20. The van der Waals surface area contributed by atoms with E-state index in [1.807, 2.05) is 0 Å². The maximum absolute atomic E-state index is 12.6. The molecule has 0 radical (unpaired) electrons. The zero-order chi connectivity index (χ0) is 20.7. The van der Waals surface area contributed by atoms with Crippen LogP contribution >= 0.6 is 0 Å². The van der Waals surface area contributed by atoms with Crippen LogP contribution in [-0.4, -0.2) is 27.7 Å². The quantitative estimate of drug-likeness (QED) is 0.578. The maximum atomic E-state index is 12.6. The lowest BCUT2D eigenvalue weighted by molar-refractivity contribution is 0.0952. The van der Waals surface area contributed by atoms with Gasteiger partial charge >= 0.3 is 0 Å². The zero-order valence-electron chi connectivity index (χ0n) is 16.4. The second kappa shape index (κ2) is 9.76. The van der Waals surface area contributed by atoms with E-state index in [4.69, 9.17) is 9.47 Å². The normalized spacial score (nSPS) is 12.7. The molecule has 156 valence electrons. The smallest absolute Gasteiger partial charge is 0.251 e. The number of carbonyl (C=O) groups is 1. The Bertz CT molecular complexity index is 959. The lowest BCUT2D eigenvalue weighted by atomic mass is 10.2. The second-order valence-corrected chi connectivity index (χ2v) is 8.62. The van der Waals surface area contributed by atoms with E-state index in [-0.39, 0.29) is 24.1 Å². The highest BCUT2D eigenvalue weighted by atomic mass is 32.2. The van der Waals surface area contributed by atoms with Gasteiger partial charge in [-0.1, -0.05) is 38.3 Å². The third-order valence-electron chi connectivity index (χ3n) is 4.63. The minimum Gasteiger partial charge on any atom is -0.454 e. The zero-order valence-corrected chi connectivity index (χ0v) is 17.3. The third kappa shape index (κ3) is 5.71. The number of fused-ring (bicyclic) bond motifs is 1. The van der Waals surface area contributed by atoms with Gasteiger partial charge in [0.2, 0.25) is 16.8 Å². The van der Waals surface area contributed by atoms with Crippen molar-refractivity contribution in [2.75, 3.05) is 13.3 Å². The van der Waals surface area contributed by atoms with E-state index >= 15 is 0 Å². The molecule has 8 heteroatoms. The molecule has 0 aliphatic carbocycles. The van der Waals surface area contributed by atoms with Gasteiger partial charge in [-0.3, -0.25) is 4.79 Å². The van der Waals surface area contributed by atoms with Gasteiger partial charge in [-0.25, -0.2) is 13.1 Å². The maximum Gasteiger partial charge on any atom is 0.251 e. The summed E-state index contributed by atoms with van der Waals surface area (Å²) in [6, 6.07) is 11.3. The Morgan fingerprint density at radius 3 is 2.69 bits per heavy atom. The molecule has 1 heterocycles. The fraction of sp³-hybridized carbons (Fsp3) is 0.381. The van der Waals surface area contributed by atoms with Crippen LogP contribution in [0.15, 0.2) is 47.4 Å². The predicted molar refractivity (Wildman–Crippen MR) is 110 cm³/mol. The molecule has 0 saturated heterocycles. The van der Waals surface area contributed by atoms with Crippen LogP contribution < -0.4 is 19.5 Å². The fourth-order valence-electron chi connectivity index (χ4n) is 2.97. The minimum atomic E-state index is -3.76. The number of rotatable bonds is 10. The number of ether oxygens (including phenoxy) is 2. The van der Waals surface area contributed by atoms with E-state index < -0.39 is 10.0 Å². The van der Waals surface area contributed by atoms with Gasteiger partial charge in [0.25, 0.3) is 5.91 Å². The first-order chi connectivity index (χ1) is 14.0. The fourth-order valence-corrected chi connectivity index (χ4v) is 4.04. The summed E-state index contributed by atoms with van der Waals surface area (Å²) < 4.78 is 38.4. The molecule has 0 bridgehead atoms. The molecule has 29 heavy (non-hydrogen) atoms. The summed E-state index contributed by atoms with van der Waals surface area (Å²) in [5, 5.41) is 2.84. The Morgan fingerprint density at radius 1 is 1.03 bits per heavy atom. The van der Waals surface area contributed by atoms with Gasteiger partial charge in [0.1, 0.15) is 0 Å². The van der Waals surface area contributed by atoms with Crippen LogP contribution in [0.3, 0.4) is 0 Å². The highest BCUT2D eigenvalue weighted by Gasteiger charge is 2.18. The molecule has 0 aromatic heterocycles. The molecule has 0 atom stereocenters. The minimum absolute atomic E-state index is 0.0527. The van der Waals surface area contributed by atoms with Gasteiger partial charge in [-0.05, 0) is 42.3 Å². The number of unbranched alkanes of at least 4 members (excludes halogenated alkanes) is 3. The van der Waals surface area contributed by atoms with Crippen LogP contribution in [0.5, 0.6) is 11.5 Å². The number of benzene rings is 2. The topological polar surface area (TPSA) is 93.7 Å². The van der Waals surface area contributed by atoms with Crippen molar-refractivity contribution in [3.8, 4) is 11.5 Å². The Balaban J connectivity index is 1.60. The molecular weight excluding hydrogens is 392 g/mol. The Labute approximate surface area is 171 Å². The third-order valence-corrected chi connectivity index (χ3v) is 6.02. The van der Waals surface area contributed by atoms with Crippen molar-refractivity contribution in [2.45, 2.75) is 44.0 Å². The SMILES string of the molecule is CCCCCCNC(=O)c1cccc(S(=O)(=O)NCc2ccc3c(c2)OCO3)c1. The molecule has 2 aromatic rings. The number of carbonyl (C=O) groups excluding carboxylic acids is 1. The van der Waals surface area contributed by atoms with Crippen molar-refractivity contribution >= 4 is 15.9 Å². The van der Waals surface area contributed by atoms with E-state index in [1.165, 1.54) is 12.1 Å². The summed E-state index contributed by atoms with van der Waals surface area (Å²) in [6.07, 6.45) is 4.25. The molecule has 2 aromatic carbocycles. The Kier molecular flexibility index (Phi) is 7.11. The molecular formula is C21H26N2O5S. The molecule has 7 nitrogen and oxygen atoms in total. The summed E-state index contributed by atoms with van der Waals surface area (Å²) in [6.45, 7) is 2.98. The first kappa shape index (κ1) is 21.1. The van der Waals surface area contributed by atoms with Gasteiger partial charge in [0.05, 0.1) is 4.90 Å². The van der Waals surface area contributed by atoms with Crippen LogP contribution in [-0.2, 0) is 16.6 Å². The molecule has 0 unspecified atom stereocenters. The van der Waals surface area contributed by atoms with Crippen molar-refractivity contribution in [3.63, 3.8) is 0 Å². The van der Waals surface area contributed by atoms with Crippen LogP contribution in [0.2, 0.25) is 0 Å². The van der Waals surface area contributed by atoms with Crippen molar-refractivity contribution in [3.05, 3.63) is 53.6 Å². The molecule has 1 aliphatic heterocycles. The first-order valence-electron chi connectivity index (χ1n) is 9.76. The summed E-state index contributed by atoms with van der Waals surface area (Å²) in [5.74, 6) is 0.971. The number of amides is 1. The van der Waals surface area contributed by atoms with Gasteiger partial charge in [0, 0.05) is 18.7 Å². The lowest BCUT2D eigenvalue weighted by Crippen LogP contribution is -2.26. The largest absolute Gasteiger partial charge is 0.454 e. The molecule has 0 saturated carbocycles. The molecule has 3 rings (SSSR count). The first-order valence-corrected chi connectivity index (χ1v) is 11.2. The molecule has 0 fully saturated rings. The Morgan fingerprint density at radius 2 is 1.86 bits per heavy atom. The highest BCUT2D eigenvalue weighted by molar-refractivity contribution is 7.89. The van der Waals surface area contributed by atoms with Gasteiger partial charge in [0.15, 0.2) is 11.5 Å². The average Bonchev–Trinajstić information content (AvgIpc) is 3.20. The molecule has 2 N–H and O–H groups in total. The molecule has 1 aliphatic rings. The van der Waals surface area contributed by atoms with Crippen LogP contribution in [0.25, 0.3) is 0 Å². The van der Waals surface area contributed by atoms with E-state index in [9.17, 15) is 13.2 Å². The van der Waals surface area contributed by atoms with Crippen molar-refractivity contribution in [1.29, 1.82) is 0 Å². The van der Waals surface area contributed by atoms with Gasteiger partial charge < -0.3 is 14.8 Å². The summed E-state index contributed by atoms with van der Waals surface area (Å²) in [4.78, 5) is 12.3. The van der Waals surface area contributed by atoms with E-state index in [1.54, 1.807) is 30.3 Å². The van der Waals surface area contributed by atoms with Crippen LogP contribution in [0.4, 0.5) is 0 Å². The highest BCUT2D eigenvalue weighted by Crippen LogP contribution is 2.32. The van der Waals surface area contributed by atoms with Crippen molar-refractivity contribution < 1.29 is 22.7 Å². The number of nitrogens with one attached hydrogen (secondary N) is 2. The standard InChI is InChI=1S/C21H26N2O5S/c1-2-3-4-5-11-22-21(24)17-7-6-8-18(13-17)29(25,26)23-14-16-9-10-19-20(12-16)28-15-27-19/h6-10,12-13,23H,2-5,11,14-15H2,1H3,(H,22,24). The van der Waals surface area contributed by atoms with Crippen LogP contribution in [0, 0.1) is 0 Å². The van der Waals surface area contributed by atoms with Gasteiger partial charge in [-0.2, -0.15) is 0 Å². The number of sulfonamides is 1.